The zero-order valence-corrected chi connectivity index (χ0v) is 12.0. The van der Waals surface area contributed by atoms with Crippen LogP contribution in [0.4, 0.5) is 17.6 Å². The molecular weight excluding hydrogens is 302 g/mol. The second kappa shape index (κ2) is 6.04. The number of ether oxygens (including phenoxy) is 2. The number of rotatable bonds is 2. The van der Waals surface area contributed by atoms with Crippen molar-refractivity contribution in [3.63, 3.8) is 0 Å². The van der Waals surface area contributed by atoms with Crippen LogP contribution in [-0.4, -0.2) is 31.0 Å². The minimum atomic E-state index is -4.18. The van der Waals surface area contributed by atoms with Crippen LogP contribution in [0.3, 0.4) is 0 Å². The molecular formula is C15H17F4NO2. The van der Waals surface area contributed by atoms with Gasteiger partial charge in [0.25, 0.3) is 0 Å². The monoisotopic (exact) mass is 319 g/mol. The molecule has 1 unspecified atom stereocenters. The summed E-state index contributed by atoms with van der Waals surface area (Å²) in [4.78, 5) is 1.72. The summed E-state index contributed by atoms with van der Waals surface area (Å²) in [5, 5.41) is 0. The van der Waals surface area contributed by atoms with Gasteiger partial charge in [0.15, 0.2) is 6.79 Å². The number of piperidine rings is 1. The Labute approximate surface area is 125 Å². The molecule has 1 aromatic rings. The minimum absolute atomic E-state index is 0.0503. The lowest BCUT2D eigenvalue weighted by atomic mass is 9.96. The molecule has 1 aromatic carbocycles. The molecule has 122 valence electrons. The molecule has 2 aliphatic rings. The van der Waals surface area contributed by atoms with E-state index < -0.39 is 17.9 Å². The van der Waals surface area contributed by atoms with E-state index in [0.29, 0.717) is 29.8 Å². The van der Waals surface area contributed by atoms with E-state index in [1.54, 1.807) is 4.90 Å². The van der Waals surface area contributed by atoms with Gasteiger partial charge < -0.3 is 9.47 Å². The van der Waals surface area contributed by atoms with E-state index in [1.807, 2.05) is 0 Å². The first kappa shape index (κ1) is 15.6. The lowest BCUT2D eigenvalue weighted by molar-refractivity contribution is -0.187. The number of fused-ring (bicyclic) bond motifs is 1. The van der Waals surface area contributed by atoms with E-state index in [2.05, 4.69) is 0 Å². The second-order valence-electron chi connectivity index (χ2n) is 5.78. The summed E-state index contributed by atoms with van der Waals surface area (Å²) in [7, 11) is 0. The molecule has 0 saturated carbocycles. The van der Waals surface area contributed by atoms with Crippen LogP contribution in [-0.2, 0) is 17.9 Å². The minimum Gasteiger partial charge on any atom is -0.467 e. The molecule has 0 spiro atoms. The van der Waals surface area contributed by atoms with Gasteiger partial charge in [-0.15, -0.1) is 0 Å². The first-order valence-corrected chi connectivity index (χ1v) is 7.24. The summed E-state index contributed by atoms with van der Waals surface area (Å²) >= 11 is 0. The fourth-order valence-corrected chi connectivity index (χ4v) is 3.08. The van der Waals surface area contributed by atoms with E-state index in [-0.39, 0.29) is 32.9 Å². The summed E-state index contributed by atoms with van der Waals surface area (Å²) in [6.45, 7) is 1.12. The van der Waals surface area contributed by atoms with Crippen LogP contribution in [0.25, 0.3) is 0 Å². The number of alkyl halides is 3. The summed E-state index contributed by atoms with van der Waals surface area (Å²) in [5.74, 6) is -1.19. The molecule has 3 nitrogen and oxygen atoms in total. The molecule has 1 saturated heterocycles. The van der Waals surface area contributed by atoms with Crippen LogP contribution in [0.5, 0.6) is 5.75 Å². The highest BCUT2D eigenvalue weighted by molar-refractivity contribution is 5.42. The molecule has 2 aliphatic heterocycles. The Kier molecular flexibility index (Phi) is 4.27. The van der Waals surface area contributed by atoms with Gasteiger partial charge in [-0.2, -0.15) is 13.2 Å². The van der Waals surface area contributed by atoms with E-state index >= 15 is 0 Å². The Bertz CT molecular complexity index is 547. The largest absolute Gasteiger partial charge is 0.467 e. The van der Waals surface area contributed by atoms with Crippen molar-refractivity contribution in [1.82, 2.24) is 4.90 Å². The molecule has 0 aliphatic carbocycles. The van der Waals surface area contributed by atoms with Crippen LogP contribution in [0.1, 0.15) is 24.0 Å². The Morgan fingerprint density at radius 3 is 2.86 bits per heavy atom. The molecule has 7 heteroatoms. The van der Waals surface area contributed by atoms with Gasteiger partial charge in [0.2, 0.25) is 0 Å². The fraction of sp³-hybridized carbons (Fsp3) is 0.600. The molecule has 1 atom stereocenters. The quantitative estimate of drug-likeness (QED) is 0.779. The number of likely N-dealkylation sites (tertiary alicyclic amines) is 1. The zero-order chi connectivity index (χ0) is 15.7. The zero-order valence-electron chi connectivity index (χ0n) is 12.0. The van der Waals surface area contributed by atoms with Crippen LogP contribution >= 0.6 is 0 Å². The average Bonchev–Trinajstić information content (AvgIpc) is 2.46. The van der Waals surface area contributed by atoms with Gasteiger partial charge in [-0.1, -0.05) is 0 Å². The van der Waals surface area contributed by atoms with Gasteiger partial charge in [-0.25, -0.2) is 4.39 Å². The van der Waals surface area contributed by atoms with Gasteiger partial charge in [0.1, 0.15) is 11.6 Å². The number of benzene rings is 1. The van der Waals surface area contributed by atoms with Crippen molar-refractivity contribution in [2.45, 2.75) is 32.2 Å². The van der Waals surface area contributed by atoms with Gasteiger partial charge >= 0.3 is 6.18 Å². The maximum atomic E-state index is 13.7. The topological polar surface area (TPSA) is 21.7 Å². The first-order chi connectivity index (χ1) is 10.4. The summed E-state index contributed by atoms with van der Waals surface area (Å²) in [6.07, 6.45) is -3.53. The van der Waals surface area contributed by atoms with Gasteiger partial charge in [-0.3, -0.25) is 4.90 Å². The molecule has 1 fully saturated rings. The number of hydrogen-bond donors (Lipinski definition) is 0. The Morgan fingerprint density at radius 1 is 1.27 bits per heavy atom. The molecule has 0 bridgehead atoms. The molecule has 22 heavy (non-hydrogen) atoms. The van der Waals surface area contributed by atoms with E-state index in [9.17, 15) is 17.6 Å². The van der Waals surface area contributed by atoms with Crippen molar-refractivity contribution >= 4 is 0 Å². The van der Waals surface area contributed by atoms with Gasteiger partial charge in [0.05, 0.1) is 12.5 Å². The third-order valence-electron chi connectivity index (χ3n) is 4.11. The summed E-state index contributed by atoms with van der Waals surface area (Å²) in [5.41, 5.74) is 1.19. The predicted molar refractivity (Wildman–Crippen MR) is 70.7 cm³/mol. The number of halogens is 4. The molecule has 0 aromatic heterocycles. The standard InChI is InChI=1S/C15H17F4NO2/c16-13-4-10(14-11(5-13)8-21-9-22-14)6-20-3-1-2-12(7-20)15(17,18)19/h4-5,12H,1-3,6-9H2. The SMILES string of the molecule is Fc1cc2c(c(CN3CCCC(C(F)(F)F)C3)c1)OCOC2. The molecule has 0 radical (unpaired) electrons. The van der Waals surface area contributed by atoms with Crippen LogP contribution in [0, 0.1) is 11.7 Å². The average molecular weight is 319 g/mol. The molecule has 0 N–H and O–H groups in total. The van der Waals surface area contributed by atoms with Crippen molar-refractivity contribution in [3.05, 3.63) is 29.1 Å². The lowest BCUT2D eigenvalue weighted by Gasteiger charge is -2.34. The van der Waals surface area contributed by atoms with Crippen molar-refractivity contribution < 1.29 is 27.0 Å². The maximum Gasteiger partial charge on any atom is 0.393 e. The molecule has 2 heterocycles. The summed E-state index contributed by atoms with van der Waals surface area (Å²) in [6, 6.07) is 2.67. The maximum absolute atomic E-state index is 13.7. The Morgan fingerprint density at radius 2 is 2.09 bits per heavy atom. The highest BCUT2D eigenvalue weighted by Gasteiger charge is 2.41. The van der Waals surface area contributed by atoms with Crippen LogP contribution in [0.15, 0.2) is 12.1 Å². The van der Waals surface area contributed by atoms with E-state index in [4.69, 9.17) is 9.47 Å². The Hall–Kier alpha value is -1.34. The van der Waals surface area contributed by atoms with Crippen molar-refractivity contribution in [2.24, 2.45) is 5.92 Å². The number of hydrogen-bond acceptors (Lipinski definition) is 3. The Balaban J connectivity index is 1.77. The van der Waals surface area contributed by atoms with Crippen molar-refractivity contribution in [2.75, 3.05) is 19.9 Å². The highest BCUT2D eigenvalue weighted by Crippen LogP contribution is 2.35. The van der Waals surface area contributed by atoms with Gasteiger partial charge in [-0.05, 0) is 31.5 Å². The lowest BCUT2D eigenvalue weighted by Crippen LogP contribution is -2.41. The first-order valence-electron chi connectivity index (χ1n) is 7.24. The van der Waals surface area contributed by atoms with Crippen LogP contribution < -0.4 is 4.74 Å². The third-order valence-corrected chi connectivity index (χ3v) is 4.11. The number of nitrogens with zero attached hydrogens (tertiary/aromatic N) is 1. The fourth-order valence-electron chi connectivity index (χ4n) is 3.08. The van der Waals surface area contributed by atoms with Crippen LogP contribution in [0.2, 0.25) is 0 Å². The van der Waals surface area contributed by atoms with Crippen molar-refractivity contribution in [3.8, 4) is 5.75 Å². The molecule has 0 amide bonds. The van der Waals surface area contributed by atoms with Gasteiger partial charge in [0, 0.05) is 24.2 Å². The highest BCUT2D eigenvalue weighted by atomic mass is 19.4. The smallest absolute Gasteiger partial charge is 0.393 e. The molecule has 3 rings (SSSR count). The third kappa shape index (κ3) is 3.35. The van der Waals surface area contributed by atoms with E-state index in [0.717, 1.165) is 0 Å². The normalized spacial score (nSPS) is 23.0. The predicted octanol–water partition coefficient (Wildman–Crippen LogP) is 3.47. The van der Waals surface area contributed by atoms with E-state index in [1.165, 1.54) is 12.1 Å². The second-order valence-corrected chi connectivity index (χ2v) is 5.78. The summed E-state index contributed by atoms with van der Waals surface area (Å²) < 4.78 is 62.8. The van der Waals surface area contributed by atoms with Crippen molar-refractivity contribution in [1.29, 1.82) is 0 Å².